The van der Waals surface area contributed by atoms with Crippen molar-refractivity contribution in [2.75, 3.05) is 39.7 Å². The van der Waals surface area contributed by atoms with Crippen molar-refractivity contribution < 1.29 is 28.1 Å². The fourth-order valence-corrected chi connectivity index (χ4v) is 1.77. The van der Waals surface area contributed by atoms with Crippen molar-refractivity contribution >= 4 is 10.0 Å². The normalized spacial score (nSPS) is 16.0. The van der Waals surface area contributed by atoms with Gasteiger partial charge in [-0.1, -0.05) is 0 Å². The van der Waals surface area contributed by atoms with Crippen molar-refractivity contribution in [3.05, 3.63) is 0 Å². The predicted molar refractivity (Wildman–Crippen MR) is 71.4 cm³/mol. The van der Waals surface area contributed by atoms with Gasteiger partial charge in [0.15, 0.2) is 0 Å². The third-order valence-corrected chi connectivity index (χ3v) is 3.60. The molecule has 7 nitrogen and oxygen atoms in total. The standard InChI is InChI=1S/C11H25NO6S/c1-9(2)18-11(5-12(3)19(4,15)16)8-17-7-10(14)6-13/h9-11,13-14H,5-8H2,1-4H3. The van der Waals surface area contributed by atoms with E-state index in [1.807, 2.05) is 13.8 Å². The maximum Gasteiger partial charge on any atom is 0.211 e. The Hall–Kier alpha value is -0.250. The van der Waals surface area contributed by atoms with Crippen LogP contribution in [0.5, 0.6) is 0 Å². The molecule has 0 aromatic carbocycles. The molecule has 0 aromatic rings. The molecular formula is C11H25NO6S. The van der Waals surface area contributed by atoms with Gasteiger partial charge in [-0.25, -0.2) is 12.7 Å². The molecule has 2 N–H and O–H groups in total. The van der Waals surface area contributed by atoms with Gasteiger partial charge >= 0.3 is 0 Å². The number of nitrogens with zero attached hydrogens (tertiary/aromatic N) is 1. The van der Waals surface area contributed by atoms with E-state index in [1.54, 1.807) is 0 Å². The van der Waals surface area contributed by atoms with Crippen LogP contribution in [0.3, 0.4) is 0 Å². The number of aliphatic hydroxyl groups excluding tert-OH is 2. The van der Waals surface area contributed by atoms with E-state index in [-0.39, 0.29) is 32.5 Å². The summed E-state index contributed by atoms with van der Waals surface area (Å²) in [5, 5.41) is 17.8. The van der Waals surface area contributed by atoms with Gasteiger partial charge in [-0.05, 0) is 13.8 Å². The summed E-state index contributed by atoms with van der Waals surface area (Å²) in [7, 11) is -1.80. The Labute approximate surface area is 115 Å². The van der Waals surface area contributed by atoms with Gasteiger partial charge in [0.1, 0.15) is 6.10 Å². The number of ether oxygens (including phenoxy) is 2. The van der Waals surface area contributed by atoms with E-state index in [1.165, 1.54) is 11.4 Å². The second-order valence-corrected chi connectivity index (χ2v) is 6.81. The first-order chi connectivity index (χ1) is 8.66. The summed E-state index contributed by atoms with van der Waals surface area (Å²) in [5.74, 6) is 0. The Morgan fingerprint density at radius 1 is 1.26 bits per heavy atom. The Balaban J connectivity index is 4.31. The number of likely N-dealkylation sites (N-methyl/N-ethyl adjacent to an activating group) is 1. The molecule has 0 fully saturated rings. The van der Waals surface area contributed by atoms with Crippen LogP contribution in [-0.2, 0) is 19.5 Å². The highest BCUT2D eigenvalue weighted by molar-refractivity contribution is 7.88. The number of sulfonamides is 1. The lowest BCUT2D eigenvalue weighted by atomic mass is 10.3. The molecule has 8 heteroatoms. The predicted octanol–water partition coefficient (Wildman–Crippen LogP) is -0.959. The molecule has 0 heterocycles. The summed E-state index contributed by atoms with van der Waals surface area (Å²) in [5.41, 5.74) is 0. The molecule has 0 aliphatic carbocycles. The van der Waals surface area contributed by atoms with Crippen LogP contribution in [0.2, 0.25) is 0 Å². The highest BCUT2D eigenvalue weighted by Crippen LogP contribution is 2.04. The molecule has 0 saturated heterocycles. The Morgan fingerprint density at radius 3 is 2.26 bits per heavy atom. The van der Waals surface area contributed by atoms with E-state index in [0.717, 1.165) is 6.26 Å². The number of aliphatic hydroxyl groups is 2. The van der Waals surface area contributed by atoms with E-state index in [9.17, 15) is 8.42 Å². The first-order valence-electron chi connectivity index (χ1n) is 6.10. The van der Waals surface area contributed by atoms with Crippen LogP contribution < -0.4 is 0 Å². The van der Waals surface area contributed by atoms with Gasteiger partial charge in [0.05, 0.1) is 38.3 Å². The van der Waals surface area contributed by atoms with E-state index in [4.69, 9.17) is 19.7 Å². The Bertz CT molecular complexity index is 332. The third kappa shape index (κ3) is 9.31. The summed E-state index contributed by atoms with van der Waals surface area (Å²) >= 11 is 0. The largest absolute Gasteiger partial charge is 0.394 e. The molecule has 0 aliphatic heterocycles. The molecule has 0 amide bonds. The minimum atomic E-state index is -3.27. The zero-order valence-corrected chi connectivity index (χ0v) is 12.8. The molecule has 0 rings (SSSR count). The van der Waals surface area contributed by atoms with Crippen LogP contribution in [0.15, 0.2) is 0 Å². The molecule has 0 radical (unpaired) electrons. The summed E-state index contributed by atoms with van der Waals surface area (Å²) in [6.07, 6.45) is -0.308. The fraction of sp³-hybridized carbons (Fsp3) is 1.00. The van der Waals surface area contributed by atoms with Crippen LogP contribution in [0.4, 0.5) is 0 Å². The van der Waals surface area contributed by atoms with Crippen LogP contribution in [0.1, 0.15) is 13.8 Å². The smallest absolute Gasteiger partial charge is 0.211 e. The third-order valence-electron chi connectivity index (χ3n) is 2.32. The molecule has 0 bridgehead atoms. The second kappa shape index (κ2) is 8.83. The van der Waals surface area contributed by atoms with Crippen LogP contribution >= 0.6 is 0 Å². The number of hydrogen-bond acceptors (Lipinski definition) is 6. The van der Waals surface area contributed by atoms with Gasteiger partial charge in [-0.15, -0.1) is 0 Å². The molecule has 0 aliphatic rings. The maximum atomic E-state index is 11.3. The number of rotatable bonds is 10. The van der Waals surface area contributed by atoms with E-state index < -0.39 is 22.2 Å². The average molecular weight is 299 g/mol. The minimum Gasteiger partial charge on any atom is -0.394 e. The molecule has 116 valence electrons. The van der Waals surface area contributed by atoms with Gasteiger partial charge in [0.2, 0.25) is 10.0 Å². The minimum absolute atomic E-state index is 0.0168. The first kappa shape index (κ1) is 18.8. The van der Waals surface area contributed by atoms with Crippen molar-refractivity contribution in [1.82, 2.24) is 4.31 Å². The number of hydrogen-bond donors (Lipinski definition) is 2. The van der Waals surface area contributed by atoms with Crippen molar-refractivity contribution in [3.63, 3.8) is 0 Å². The summed E-state index contributed by atoms with van der Waals surface area (Å²) in [6.45, 7) is 3.61. The lowest BCUT2D eigenvalue weighted by molar-refractivity contribution is -0.0685. The monoisotopic (exact) mass is 299 g/mol. The van der Waals surface area contributed by atoms with E-state index in [2.05, 4.69) is 0 Å². The summed E-state index contributed by atoms with van der Waals surface area (Å²) in [4.78, 5) is 0. The van der Waals surface area contributed by atoms with Gasteiger partial charge in [0.25, 0.3) is 0 Å². The second-order valence-electron chi connectivity index (χ2n) is 4.72. The lowest BCUT2D eigenvalue weighted by Crippen LogP contribution is -2.39. The quantitative estimate of drug-likeness (QED) is 0.539. The van der Waals surface area contributed by atoms with Crippen molar-refractivity contribution in [1.29, 1.82) is 0 Å². The van der Waals surface area contributed by atoms with Crippen molar-refractivity contribution in [3.8, 4) is 0 Å². The topological polar surface area (TPSA) is 96.3 Å². The zero-order valence-electron chi connectivity index (χ0n) is 11.9. The van der Waals surface area contributed by atoms with Crippen LogP contribution in [0, 0.1) is 0 Å². The van der Waals surface area contributed by atoms with Gasteiger partial charge < -0.3 is 19.7 Å². The molecule has 0 spiro atoms. The molecule has 2 atom stereocenters. The molecule has 2 unspecified atom stereocenters. The summed E-state index contributed by atoms with van der Waals surface area (Å²) < 4.78 is 34.6. The van der Waals surface area contributed by atoms with E-state index >= 15 is 0 Å². The first-order valence-corrected chi connectivity index (χ1v) is 7.95. The van der Waals surface area contributed by atoms with Crippen molar-refractivity contribution in [2.24, 2.45) is 0 Å². The maximum absolute atomic E-state index is 11.3. The van der Waals surface area contributed by atoms with Crippen LogP contribution in [0.25, 0.3) is 0 Å². The molecule has 0 saturated carbocycles. The van der Waals surface area contributed by atoms with Crippen LogP contribution in [-0.4, -0.2) is 80.9 Å². The molecule has 0 aromatic heterocycles. The molecular weight excluding hydrogens is 274 g/mol. The summed E-state index contributed by atoms with van der Waals surface area (Å²) in [6, 6.07) is 0. The van der Waals surface area contributed by atoms with E-state index in [0.29, 0.717) is 0 Å². The van der Waals surface area contributed by atoms with Gasteiger partial charge in [-0.2, -0.15) is 0 Å². The van der Waals surface area contributed by atoms with Crippen molar-refractivity contribution in [2.45, 2.75) is 32.2 Å². The zero-order chi connectivity index (χ0) is 15.1. The highest BCUT2D eigenvalue weighted by Gasteiger charge is 2.20. The Kier molecular flexibility index (Phi) is 8.71. The fourth-order valence-electron chi connectivity index (χ4n) is 1.33. The Morgan fingerprint density at radius 2 is 1.84 bits per heavy atom. The highest BCUT2D eigenvalue weighted by atomic mass is 32.2. The molecule has 19 heavy (non-hydrogen) atoms. The lowest BCUT2D eigenvalue weighted by Gasteiger charge is -2.25. The SMILES string of the molecule is CC(C)OC(COCC(O)CO)CN(C)S(C)(=O)=O. The van der Waals surface area contributed by atoms with Gasteiger partial charge in [0, 0.05) is 13.6 Å². The average Bonchev–Trinajstić information content (AvgIpc) is 2.26. The van der Waals surface area contributed by atoms with Gasteiger partial charge in [-0.3, -0.25) is 0 Å².